The number of aromatic nitrogens is 5. The molecular weight excluding hydrogens is 473 g/mol. The highest BCUT2D eigenvalue weighted by atomic mass is 19.4. The van der Waals surface area contributed by atoms with Gasteiger partial charge in [-0.05, 0) is 49.6 Å². The number of pyridine rings is 1. The van der Waals surface area contributed by atoms with Crippen molar-refractivity contribution in [1.29, 1.82) is 0 Å². The van der Waals surface area contributed by atoms with Crippen molar-refractivity contribution in [3.63, 3.8) is 0 Å². The molecule has 1 aromatic carbocycles. The van der Waals surface area contributed by atoms with E-state index in [1.165, 1.54) is 30.7 Å². The number of hydrogen-bond acceptors (Lipinski definition) is 7. The smallest absolute Gasteiger partial charge is 0.383 e. The van der Waals surface area contributed by atoms with Gasteiger partial charge in [-0.2, -0.15) is 18.3 Å². The molecule has 0 unspecified atom stereocenters. The number of amides is 1. The molecule has 0 radical (unpaired) electrons. The highest BCUT2D eigenvalue weighted by Crippen LogP contribution is 2.42. The van der Waals surface area contributed by atoms with Gasteiger partial charge in [0.05, 0.1) is 17.0 Å². The fraction of sp³-hybridized carbons (Fsp3) is 0.292. The van der Waals surface area contributed by atoms with Crippen LogP contribution < -0.4 is 16.4 Å². The average molecular weight is 494 g/mol. The minimum atomic E-state index is -4.64. The molecule has 1 amide bonds. The molecule has 0 spiro atoms. The van der Waals surface area contributed by atoms with E-state index in [2.05, 4.69) is 25.6 Å². The van der Waals surface area contributed by atoms with Crippen LogP contribution in [0.2, 0.25) is 0 Å². The summed E-state index contributed by atoms with van der Waals surface area (Å²) in [6.07, 6.45) is 0.0629. The Morgan fingerprint density at radius 2 is 1.92 bits per heavy atom. The zero-order chi connectivity index (χ0) is 25.0. The fourth-order valence-corrected chi connectivity index (χ4v) is 5.21. The van der Waals surface area contributed by atoms with Crippen molar-refractivity contribution in [3.8, 4) is 11.3 Å². The molecule has 9 nitrogen and oxygen atoms in total. The zero-order valence-electron chi connectivity index (χ0n) is 18.8. The van der Waals surface area contributed by atoms with Crippen molar-refractivity contribution >= 4 is 28.6 Å². The first-order valence-electron chi connectivity index (χ1n) is 11.5. The third-order valence-corrected chi connectivity index (χ3v) is 6.89. The molecule has 1 aliphatic heterocycles. The van der Waals surface area contributed by atoms with Crippen LogP contribution in [0.15, 0.2) is 48.9 Å². The van der Waals surface area contributed by atoms with E-state index in [1.807, 2.05) is 4.68 Å². The molecule has 6 rings (SSSR count). The molecule has 184 valence electrons. The van der Waals surface area contributed by atoms with Crippen LogP contribution in [0, 0.1) is 5.92 Å². The highest BCUT2D eigenvalue weighted by Gasteiger charge is 2.42. The van der Waals surface area contributed by atoms with Gasteiger partial charge < -0.3 is 16.4 Å². The lowest BCUT2D eigenvalue weighted by Gasteiger charge is -2.23. The Kier molecular flexibility index (Phi) is 5.14. The Labute approximate surface area is 202 Å². The summed E-state index contributed by atoms with van der Waals surface area (Å²) >= 11 is 0. The number of halogens is 3. The molecule has 2 aliphatic rings. The van der Waals surface area contributed by atoms with E-state index < -0.39 is 23.5 Å². The standard InChI is InChI=1S/C24H21F3N8O/c25-24(26,27)15-2-1-7-29-21(15)33-23(36)14-5-3-13(4-6-14)19-18-20(28)31-11-32-22(18)35(34-19)17-9-12-8-16(17)30-10-12/h1-7,11-12,16-17,30H,8-10H2,(H2,28,31,32)(H,29,33,36)/t12-,16-,17-/m1/s1. The largest absolute Gasteiger partial charge is 0.419 e. The quantitative estimate of drug-likeness (QED) is 0.396. The second kappa shape index (κ2) is 8.26. The topological polar surface area (TPSA) is 124 Å². The number of benzene rings is 1. The van der Waals surface area contributed by atoms with Crippen LogP contribution in [-0.4, -0.2) is 43.2 Å². The Hall–Kier alpha value is -4.06. The van der Waals surface area contributed by atoms with E-state index in [1.54, 1.807) is 12.1 Å². The number of carbonyl (C=O) groups excluding carboxylic acids is 1. The van der Waals surface area contributed by atoms with E-state index in [9.17, 15) is 18.0 Å². The Morgan fingerprint density at radius 3 is 2.61 bits per heavy atom. The maximum Gasteiger partial charge on any atom is 0.419 e. The van der Waals surface area contributed by atoms with Crippen LogP contribution in [0.25, 0.3) is 22.3 Å². The van der Waals surface area contributed by atoms with Gasteiger partial charge in [0.1, 0.15) is 23.7 Å². The predicted molar refractivity (Wildman–Crippen MR) is 126 cm³/mol. The second-order valence-electron chi connectivity index (χ2n) is 9.10. The van der Waals surface area contributed by atoms with E-state index >= 15 is 0 Å². The van der Waals surface area contributed by atoms with E-state index in [0.717, 1.165) is 25.5 Å². The first kappa shape index (κ1) is 22.4. The summed E-state index contributed by atoms with van der Waals surface area (Å²) in [5.74, 6) is -0.351. The highest BCUT2D eigenvalue weighted by molar-refractivity contribution is 6.05. The third kappa shape index (κ3) is 3.73. The Balaban J connectivity index is 1.32. The predicted octanol–water partition coefficient (Wildman–Crippen LogP) is 3.66. The van der Waals surface area contributed by atoms with Gasteiger partial charge in [0.2, 0.25) is 0 Å². The zero-order valence-corrected chi connectivity index (χ0v) is 18.8. The van der Waals surface area contributed by atoms with Crippen molar-refractivity contribution in [2.45, 2.75) is 31.1 Å². The normalized spacial score (nSPS) is 21.2. The summed E-state index contributed by atoms with van der Waals surface area (Å²) in [7, 11) is 0. The van der Waals surface area contributed by atoms with E-state index in [4.69, 9.17) is 10.8 Å². The number of anilines is 2. The van der Waals surface area contributed by atoms with E-state index in [0.29, 0.717) is 40.1 Å². The maximum absolute atomic E-state index is 13.2. The minimum absolute atomic E-state index is 0.153. The molecular formula is C24H21F3N8O. The molecule has 4 aromatic rings. The third-order valence-electron chi connectivity index (χ3n) is 6.89. The molecule has 1 saturated carbocycles. The van der Waals surface area contributed by atoms with Crippen molar-refractivity contribution < 1.29 is 18.0 Å². The molecule has 4 heterocycles. The van der Waals surface area contributed by atoms with Gasteiger partial charge in [0.25, 0.3) is 5.91 Å². The molecule has 3 atom stereocenters. The van der Waals surface area contributed by atoms with Crippen LogP contribution in [0.4, 0.5) is 24.8 Å². The Morgan fingerprint density at radius 1 is 1.11 bits per heavy atom. The average Bonchev–Trinajstić information content (AvgIpc) is 3.59. The van der Waals surface area contributed by atoms with Crippen molar-refractivity contribution in [2.75, 3.05) is 17.6 Å². The van der Waals surface area contributed by atoms with Gasteiger partial charge in [-0.3, -0.25) is 4.79 Å². The summed E-state index contributed by atoms with van der Waals surface area (Å²) in [6, 6.07) is 8.90. The number of nitrogens with two attached hydrogens (primary N) is 1. The molecule has 3 aromatic heterocycles. The molecule has 4 N–H and O–H groups in total. The number of nitrogens with zero attached hydrogens (tertiary/aromatic N) is 5. The van der Waals surface area contributed by atoms with Crippen LogP contribution in [-0.2, 0) is 6.18 Å². The molecule has 1 saturated heterocycles. The molecule has 2 fully saturated rings. The first-order valence-corrected chi connectivity index (χ1v) is 11.5. The molecule has 1 aliphatic carbocycles. The summed E-state index contributed by atoms with van der Waals surface area (Å²) in [5, 5.41) is 11.3. The van der Waals surface area contributed by atoms with Crippen molar-refractivity contribution in [1.82, 2.24) is 30.0 Å². The summed E-state index contributed by atoms with van der Waals surface area (Å²) in [4.78, 5) is 24.9. The van der Waals surface area contributed by atoms with Crippen molar-refractivity contribution in [3.05, 3.63) is 60.0 Å². The van der Waals surface area contributed by atoms with Crippen molar-refractivity contribution in [2.24, 2.45) is 5.92 Å². The second-order valence-corrected chi connectivity index (χ2v) is 9.10. The fourth-order valence-electron chi connectivity index (χ4n) is 5.21. The first-order chi connectivity index (χ1) is 17.3. The molecule has 12 heteroatoms. The van der Waals surface area contributed by atoms with Crippen LogP contribution >= 0.6 is 0 Å². The van der Waals surface area contributed by atoms with Crippen LogP contribution in [0.5, 0.6) is 0 Å². The van der Waals surface area contributed by atoms with E-state index in [-0.39, 0.29) is 11.6 Å². The number of nitrogens with one attached hydrogen (secondary N) is 2. The summed E-state index contributed by atoms with van der Waals surface area (Å²) in [6.45, 7) is 1.01. The number of piperidine rings is 1. The molecule has 36 heavy (non-hydrogen) atoms. The summed E-state index contributed by atoms with van der Waals surface area (Å²) in [5.41, 5.74) is 7.28. The van der Waals surface area contributed by atoms with Crippen LogP contribution in [0.1, 0.15) is 34.8 Å². The minimum Gasteiger partial charge on any atom is -0.383 e. The van der Waals surface area contributed by atoms with Gasteiger partial charge in [0.15, 0.2) is 5.65 Å². The number of rotatable bonds is 4. The van der Waals surface area contributed by atoms with Gasteiger partial charge in [-0.1, -0.05) is 12.1 Å². The Bertz CT molecular complexity index is 1470. The van der Waals surface area contributed by atoms with Gasteiger partial charge in [-0.25, -0.2) is 19.6 Å². The van der Waals surface area contributed by atoms with Crippen LogP contribution in [0.3, 0.4) is 0 Å². The number of hydrogen-bond donors (Lipinski definition) is 3. The molecule has 2 bridgehead atoms. The number of alkyl halides is 3. The number of carbonyl (C=O) groups is 1. The van der Waals surface area contributed by atoms with Gasteiger partial charge in [-0.15, -0.1) is 0 Å². The lowest BCUT2D eigenvalue weighted by molar-refractivity contribution is -0.137. The lowest BCUT2D eigenvalue weighted by Crippen LogP contribution is -2.35. The lowest BCUT2D eigenvalue weighted by atomic mass is 10.1. The number of nitrogen functional groups attached to an aromatic ring is 1. The maximum atomic E-state index is 13.2. The SMILES string of the molecule is Nc1ncnc2c1c(-c1ccc(C(=O)Nc3ncccc3C(F)(F)F)cc1)nn2[C@@H]1C[C@@H]2CN[C@@H]1C2. The van der Waals surface area contributed by atoms with Gasteiger partial charge in [0, 0.05) is 23.4 Å². The summed E-state index contributed by atoms with van der Waals surface area (Å²) < 4.78 is 41.6. The van der Waals surface area contributed by atoms with Gasteiger partial charge >= 0.3 is 6.18 Å². The number of fused-ring (bicyclic) bond motifs is 3. The monoisotopic (exact) mass is 494 g/mol.